The smallest absolute Gasteiger partial charge is 0.255 e. The molecule has 1 aromatic heterocycles. The number of halogens is 1. The van der Waals surface area contributed by atoms with E-state index in [4.69, 9.17) is 9.47 Å². The van der Waals surface area contributed by atoms with Crippen molar-refractivity contribution in [3.63, 3.8) is 0 Å². The second-order valence-corrected chi connectivity index (χ2v) is 7.74. The highest BCUT2D eigenvalue weighted by atomic mass is 19.1. The minimum Gasteiger partial charge on any atom is -0.494 e. The van der Waals surface area contributed by atoms with Gasteiger partial charge < -0.3 is 19.9 Å². The molecule has 2 N–H and O–H groups in total. The molecule has 3 aromatic rings. The summed E-state index contributed by atoms with van der Waals surface area (Å²) < 4.78 is 24.8. The molecule has 6 nitrogen and oxygen atoms in total. The molecule has 1 heterocycles. The number of nitrogens with one attached hydrogen (secondary N) is 1. The molecule has 0 saturated heterocycles. The fraction of sp³-hybridized carbons (Fsp3) is 0.280. The first-order chi connectivity index (χ1) is 15.4. The van der Waals surface area contributed by atoms with Gasteiger partial charge >= 0.3 is 0 Å². The van der Waals surface area contributed by atoms with Gasteiger partial charge in [-0.15, -0.1) is 0 Å². The number of carbonyl (C=O) groups excluding carboxylic acids is 1. The first-order valence-electron chi connectivity index (χ1n) is 10.4. The number of aliphatic hydroxyl groups excluding tert-OH is 1. The molecule has 1 amide bonds. The minimum atomic E-state index is -0.492. The van der Waals surface area contributed by atoms with E-state index in [2.05, 4.69) is 10.3 Å². The second kappa shape index (κ2) is 10.7. The Bertz CT molecular complexity index is 1090. The fourth-order valence-electron chi connectivity index (χ4n) is 3.16. The molecule has 0 saturated carbocycles. The summed E-state index contributed by atoms with van der Waals surface area (Å²) in [5.41, 5.74) is 2.88. The Morgan fingerprint density at radius 2 is 1.94 bits per heavy atom. The molecular formula is C25H27FN2O4. The van der Waals surface area contributed by atoms with Crippen molar-refractivity contribution in [3.8, 4) is 22.8 Å². The van der Waals surface area contributed by atoms with Crippen molar-refractivity contribution in [1.29, 1.82) is 0 Å². The van der Waals surface area contributed by atoms with Crippen LogP contribution < -0.4 is 14.8 Å². The summed E-state index contributed by atoms with van der Waals surface area (Å²) in [4.78, 5) is 17.4. The summed E-state index contributed by atoms with van der Waals surface area (Å²) in [7, 11) is 1.40. The lowest BCUT2D eigenvalue weighted by Gasteiger charge is -2.15. The van der Waals surface area contributed by atoms with E-state index in [9.17, 15) is 14.3 Å². The van der Waals surface area contributed by atoms with Crippen LogP contribution in [0.5, 0.6) is 11.5 Å². The lowest BCUT2D eigenvalue weighted by Crippen LogP contribution is -2.24. The van der Waals surface area contributed by atoms with Crippen molar-refractivity contribution >= 4 is 5.91 Å². The summed E-state index contributed by atoms with van der Waals surface area (Å²) in [5, 5.41) is 12.5. The normalized spacial score (nSPS) is 10.8. The van der Waals surface area contributed by atoms with Crippen molar-refractivity contribution < 1.29 is 23.8 Å². The van der Waals surface area contributed by atoms with E-state index in [1.54, 1.807) is 36.5 Å². The minimum absolute atomic E-state index is 0.138. The summed E-state index contributed by atoms with van der Waals surface area (Å²) in [6.07, 6.45) is 1.63. The maximum atomic E-state index is 14.0. The van der Waals surface area contributed by atoms with E-state index in [1.165, 1.54) is 19.2 Å². The Balaban J connectivity index is 1.88. The first-order valence-corrected chi connectivity index (χ1v) is 10.4. The maximum Gasteiger partial charge on any atom is 0.255 e. The van der Waals surface area contributed by atoms with Crippen LogP contribution >= 0.6 is 0 Å². The van der Waals surface area contributed by atoms with Crippen LogP contribution in [0.1, 0.15) is 35.3 Å². The number of ether oxygens (including phenoxy) is 2. The zero-order valence-corrected chi connectivity index (χ0v) is 18.4. The molecule has 0 atom stereocenters. The van der Waals surface area contributed by atoms with E-state index < -0.39 is 5.82 Å². The Morgan fingerprint density at radius 1 is 1.16 bits per heavy atom. The number of rotatable bonds is 9. The number of carbonyl (C=O) groups is 1. The van der Waals surface area contributed by atoms with Crippen LogP contribution in [0.4, 0.5) is 4.39 Å². The third-order valence-corrected chi connectivity index (χ3v) is 4.80. The number of nitrogens with zero attached hydrogens (tertiary/aromatic N) is 1. The zero-order valence-electron chi connectivity index (χ0n) is 18.4. The quantitative estimate of drug-likeness (QED) is 0.519. The van der Waals surface area contributed by atoms with E-state index >= 15 is 0 Å². The van der Waals surface area contributed by atoms with Gasteiger partial charge in [0.05, 0.1) is 31.6 Å². The highest BCUT2D eigenvalue weighted by Crippen LogP contribution is 2.28. The van der Waals surface area contributed by atoms with Gasteiger partial charge in [0.1, 0.15) is 5.75 Å². The SMILES string of the molecule is COc1ccc(CNC(=O)c2cc(-c3ncccc3CO)ccc2OCC(C)C)cc1F. The zero-order chi connectivity index (χ0) is 23.1. The summed E-state index contributed by atoms with van der Waals surface area (Å²) >= 11 is 0. The Kier molecular flexibility index (Phi) is 7.78. The highest BCUT2D eigenvalue weighted by molar-refractivity contribution is 5.98. The highest BCUT2D eigenvalue weighted by Gasteiger charge is 2.17. The predicted molar refractivity (Wildman–Crippen MR) is 120 cm³/mol. The molecule has 2 aromatic carbocycles. The van der Waals surface area contributed by atoms with E-state index in [1.807, 2.05) is 19.9 Å². The summed E-state index contributed by atoms with van der Waals surface area (Å²) in [6, 6.07) is 13.3. The Labute approximate surface area is 187 Å². The van der Waals surface area contributed by atoms with Crippen LogP contribution in [0, 0.1) is 11.7 Å². The van der Waals surface area contributed by atoms with E-state index in [0.717, 1.165) is 0 Å². The number of pyridine rings is 1. The Hall–Kier alpha value is -3.45. The summed E-state index contributed by atoms with van der Waals surface area (Å²) in [6.45, 7) is 4.47. The molecule has 0 aliphatic rings. The standard InChI is InChI=1S/C25H27FN2O4/c1-16(2)15-32-22-9-7-18(24-19(14-29)5-4-10-27-24)12-20(22)25(30)28-13-17-6-8-23(31-3)21(26)11-17/h4-12,16,29H,13-15H2,1-3H3,(H,28,30). The molecule has 32 heavy (non-hydrogen) atoms. The molecule has 0 spiro atoms. The molecule has 7 heteroatoms. The van der Waals surface area contributed by atoms with Gasteiger partial charge in [-0.1, -0.05) is 26.0 Å². The van der Waals surface area contributed by atoms with Crippen molar-refractivity contribution in [2.75, 3.05) is 13.7 Å². The van der Waals surface area contributed by atoms with Gasteiger partial charge in [0, 0.05) is 23.9 Å². The number of amides is 1. The van der Waals surface area contributed by atoms with Crippen molar-refractivity contribution in [2.45, 2.75) is 27.0 Å². The maximum absolute atomic E-state index is 14.0. The van der Waals surface area contributed by atoms with Crippen molar-refractivity contribution in [1.82, 2.24) is 10.3 Å². The summed E-state index contributed by atoms with van der Waals surface area (Å²) in [5.74, 6) is 0.0244. The topological polar surface area (TPSA) is 80.7 Å². The molecule has 0 bridgehead atoms. The van der Waals surface area contributed by atoms with Crippen LogP contribution in [0.25, 0.3) is 11.3 Å². The third kappa shape index (κ3) is 5.62. The molecule has 3 rings (SSSR count). The lowest BCUT2D eigenvalue weighted by molar-refractivity contribution is 0.0946. The van der Waals surface area contributed by atoms with Crippen LogP contribution in [0.3, 0.4) is 0 Å². The van der Waals surface area contributed by atoms with Gasteiger partial charge in [-0.25, -0.2) is 4.39 Å². The van der Waals surface area contributed by atoms with Gasteiger partial charge in [0.25, 0.3) is 5.91 Å². The number of aliphatic hydroxyl groups is 1. The first kappa shape index (κ1) is 23.2. The third-order valence-electron chi connectivity index (χ3n) is 4.80. The van der Waals surface area contributed by atoms with Gasteiger partial charge in [0.2, 0.25) is 0 Å². The molecule has 0 unspecified atom stereocenters. The monoisotopic (exact) mass is 438 g/mol. The van der Waals surface area contributed by atoms with Gasteiger partial charge in [-0.05, 0) is 47.9 Å². The average Bonchev–Trinajstić information content (AvgIpc) is 2.81. The predicted octanol–water partition coefficient (Wildman–Crippen LogP) is 4.35. The number of aromatic nitrogens is 1. The van der Waals surface area contributed by atoms with E-state index in [-0.39, 0.29) is 30.7 Å². The fourth-order valence-corrected chi connectivity index (χ4v) is 3.16. The number of methoxy groups -OCH3 is 1. The van der Waals surface area contributed by atoms with Crippen LogP contribution in [-0.2, 0) is 13.2 Å². The van der Waals surface area contributed by atoms with Gasteiger partial charge in [-0.3, -0.25) is 9.78 Å². The molecular weight excluding hydrogens is 411 g/mol. The van der Waals surface area contributed by atoms with E-state index in [0.29, 0.717) is 40.3 Å². The lowest BCUT2D eigenvalue weighted by atomic mass is 10.0. The Morgan fingerprint density at radius 3 is 2.62 bits per heavy atom. The van der Waals surface area contributed by atoms with Crippen molar-refractivity contribution in [2.24, 2.45) is 5.92 Å². The van der Waals surface area contributed by atoms with Gasteiger partial charge in [0.15, 0.2) is 11.6 Å². The van der Waals surface area contributed by atoms with Crippen molar-refractivity contribution in [3.05, 3.63) is 77.2 Å². The molecule has 0 radical (unpaired) electrons. The number of hydrogen-bond donors (Lipinski definition) is 2. The molecule has 0 aliphatic heterocycles. The van der Waals surface area contributed by atoms with Crippen LogP contribution in [0.2, 0.25) is 0 Å². The average molecular weight is 438 g/mol. The van der Waals surface area contributed by atoms with Crippen LogP contribution in [0.15, 0.2) is 54.7 Å². The largest absolute Gasteiger partial charge is 0.494 e. The second-order valence-electron chi connectivity index (χ2n) is 7.74. The molecule has 0 aliphatic carbocycles. The molecule has 0 fully saturated rings. The number of benzene rings is 2. The van der Waals surface area contributed by atoms with Gasteiger partial charge in [-0.2, -0.15) is 0 Å². The number of hydrogen-bond acceptors (Lipinski definition) is 5. The van der Waals surface area contributed by atoms with Crippen LogP contribution in [-0.4, -0.2) is 29.7 Å². The molecule has 168 valence electrons.